The number of alkyl halides is 1. The molecule has 0 spiro atoms. The van der Waals surface area contributed by atoms with E-state index in [0.717, 1.165) is 5.54 Å². The molecule has 2 unspecified atom stereocenters. The maximum Gasteiger partial charge on any atom is 0.0325 e. The smallest absolute Gasteiger partial charge is 0.0325 e. The van der Waals surface area contributed by atoms with Gasteiger partial charge in [0.15, 0.2) is 0 Å². The van der Waals surface area contributed by atoms with E-state index in [9.17, 15) is 0 Å². The quantitative estimate of drug-likeness (QED) is 0.307. The summed E-state index contributed by atoms with van der Waals surface area (Å²) in [5.74, 6) is 0. The average molecular weight is 191 g/mol. The molecule has 8 heavy (non-hydrogen) atoms. The zero-order valence-corrected chi connectivity index (χ0v) is 8.69. The standard InChI is InChI=1S/C6H11BrSi/c7-5-1-3-6(8)4-2-5/h1,3,5-6H,2,4H2,8H3. The van der Waals surface area contributed by atoms with Crippen molar-refractivity contribution in [1.29, 1.82) is 0 Å². The number of hydrogen-bond donors (Lipinski definition) is 0. The van der Waals surface area contributed by atoms with Gasteiger partial charge in [-0.3, -0.25) is 0 Å². The Balaban J connectivity index is 2.42. The van der Waals surface area contributed by atoms with Crippen molar-refractivity contribution < 1.29 is 0 Å². The lowest BCUT2D eigenvalue weighted by Gasteiger charge is -2.14. The van der Waals surface area contributed by atoms with Crippen molar-refractivity contribution in [3.63, 3.8) is 0 Å². The van der Waals surface area contributed by atoms with Crippen LogP contribution in [0.5, 0.6) is 0 Å². The molecular weight excluding hydrogens is 180 g/mol. The first-order chi connectivity index (χ1) is 3.79. The third-order valence-electron chi connectivity index (χ3n) is 1.55. The topological polar surface area (TPSA) is 0 Å². The van der Waals surface area contributed by atoms with Gasteiger partial charge in [-0.05, 0) is 18.4 Å². The lowest BCUT2D eigenvalue weighted by atomic mass is 10.1. The highest BCUT2D eigenvalue weighted by Gasteiger charge is 2.07. The minimum Gasteiger partial charge on any atom is -0.0879 e. The highest BCUT2D eigenvalue weighted by molar-refractivity contribution is 9.09. The summed E-state index contributed by atoms with van der Waals surface area (Å²) in [6.45, 7) is 0. The summed E-state index contributed by atoms with van der Waals surface area (Å²) >= 11 is 3.54. The Morgan fingerprint density at radius 1 is 1.38 bits per heavy atom. The summed E-state index contributed by atoms with van der Waals surface area (Å²) in [6, 6.07) is 0. The third-order valence-corrected chi connectivity index (χ3v) is 3.27. The van der Waals surface area contributed by atoms with Crippen LogP contribution in [-0.2, 0) is 0 Å². The monoisotopic (exact) mass is 190 g/mol. The Bertz CT molecular complexity index is 88.7. The second kappa shape index (κ2) is 2.83. The average Bonchev–Trinajstić information content (AvgIpc) is 1.77. The number of allylic oxidation sites excluding steroid dienone is 2. The SMILES string of the molecule is [SiH3]C1C=CC(Br)CC1. The summed E-state index contributed by atoms with van der Waals surface area (Å²) in [6.07, 6.45) is 7.36. The lowest BCUT2D eigenvalue weighted by Crippen LogP contribution is -2.02. The summed E-state index contributed by atoms with van der Waals surface area (Å²) < 4.78 is 0. The second-order valence-corrected chi connectivity index (χ2v) is 5.11. The minimum absolute atomic E-state index is 0.674. The van der Waals surface area contributed by atoms with E-state index in [2.05, 4.69) is 28.1 Å². The Morgan fingerprint density at radius 2 is 2.12 bits per heavy atom. The van der Waals surface area contributed by atoms with Crippen LogP contribution >= 0.6 is 15.9 Å². The minimum atomic E-state index is 0.674. The molecule has 0 fully saturated rings. The fraction of sp³-hybridized carbons (Fsp3) is 0.667. The van der Waals surface area contributed by atoms with Gasteiger partial charge in [-0.15, -0.1) is 0 Å². The normalized spacial score (nSPS) is 38.1. The Hall–Kier alpha value is 0.437. The lowest BCUT2D eigenvalue weighted by molar-refractivity contribution is 0.746. The molecule has 0 bridgehead atoms. The predicted octanol–water partition coefficient (Wildman–Crippen LogP) is 1.25. The first-order valence-corrected chi connectivity index (χ1v) is 5.18. The van der Waals surface area contributed by atoms with Crippen LogP contribution in [0.3, 0.4) is 0 Å². The van der Waals surface area contributed by atoms with E-state index in [4.69, 9.17) is 0 Å². The molecule has 2 atom stereocenters. The van der Waals surface area contributed by atoms with Crippen molar-refractivity contribution in [2.24, 2.45) is 0 Å². The Labute approximate surface area is 61.9 Å². The van der Waals surface area contributed by atoms with Crippen LogP contribution < -0.4 is 0 Å². The van der Waals surface area contributed by atoms with Gasteiger partial charge in [0.05, 0.1) is 0 Å². The molecule has 0 saturated heterocycles. The van der Waals surface area contributed by atoms with Crippen LogP contribution in [0, 0.1) is 0 Å². The van der Waals surface area contributed by atoms with E-state index in [1.165, 1.54) is 23.1 Å². The van der Waals surface area contributed by atoms with Gasteiger partial charge in [0.1, 0.15) is 0 Å². The van der Waals surface area contributed by atoms with Gasteiger partial charge in [0, 0.05) is 15.1 Å². The van der Waals surface area contributed by atoms with Gasteiger partial charge in [-0.1, -0.05) is 28.1 Å². The van der Waals surface area contributed by atoms with E-state index in [1.54, 1.807) is 0 Å². The van der Waals surface area contributed by atoms with Crippen LogP contribution in [0.1, 0.15) is 12.8 Å². The molecule has 1 aliphatic carbocycles. The zero-order chi connectivity index (χ0) is 5.98. The largest absolute Gasteiger partial charge is 0.0879 e. The van der Waals surface area contributed by atoms with Gasteiger partial charge in [0.2, 0.25) is 0 Å². The van der Waals surface area contributed by atoms with Gasteiger partial charge in [-0.25, -0.2) is 0 Å². The van der Waals surface area contributed by atoms with Gasteiger partial charge >= 0.3 is 0 Å². The summed E-state index contributed by atoms with van der Waals surface area (Å²) in [5.41, 5.74) is 0.948. The third kappa shape index (κ3) is 1.75. The molecule has 1 aliphatic rings. The maximum atomic E-state index is 3.54. The molecule has 0 nitrogen and oxygen atoms in total. The van der Waals surface area contributed by atoms with Gasteiger partial charge in [0.25, 0.3) is 0 Å². The molecular formula is C6H11BrSi. The van der Waals surface area contributed by atoms with Crippen LogP contribution in [0.25, 0.3) is 0 Å². The molecule has 1 rings (SSSR count). The first kappa shape index (κ1) is 6.56. The first-order valence-electron chi connectivity index (χ1n) is 3.11. The molecule has 0 N–H and O–H groups in total. The highest BCUT2D eigenvalue weighted by atomic mass is 79.9. The molecule has 0 saturated carbocycles. The summed E-state index contributed by atoms with van der Waals surface area (Å²) in [7, 11) is 1.33. The van der Waals surface area contributed by atoms with Crippen molar-refractivity contribution in [3.05, 3.63) is 12.2 Å². The number of rotatable bonds is 0. The van der Waals surface area contributed by atoms with Crippen molar-refractivity contribution >= 4 is 26.2 Å². The van der Waals surface area contributed by atoms with Crippen LogP contribution in [-0.4, -0.2) is 15.1 Å². The van der Waals surface area contributed by atoms with Crippen LogP contribution in [0.15, 0.2) is 12.2 Å². The predicted molar refractivity (Wildman–Crippen MR) is 44.8 cm³/mol. The molecule has 0 amide bonds. The molecule has 0 aromatic carbocycles. The highest BCUT2D eigenvalue weighted by Crippen LogP contribution is 2.23. The van der Waals surface area contributed by atoms with E-state index >= 15 is 0 Å². The molecule has 0 aromatic rings. The Kier molecular flexibility index (Phi) is 2.32. The van der Waals surface area contributed by atoms with Crippen molar-refractivity contribution in [2.75, 3.05) is 0 Å². The molecule has 0 aromatic heterocycles. The van der Waals surface area contributed by atoms with E-state index in [0.29, 0.717) is 4.83 Å². The van der Waals surface area contributed by atoms with Crippen LogP contribution in [0.2, 0.25) is 5.54 Å². The molecule has 2 heteroatoms. The summed E-state index contributed by atoms with van der Waals surface area (Å²) in [4.78, 5) is 0.674. The number of halogens is 1. The van der Waals surface area contributed by atoms with Gasteiger partial charge < -0.3 is 0 Å². The van der Waals surface area contributed by atoms with E-state index in [1.807, 2.05) is 0 Å². The van der Waals surface area contributed by atoms with Crippen molar-refractivity contribution in [2.45, 2.75) is 23.2 Å². The molecule has 46 valence electrons. The fourth-order valence-corrected chi connectivity index (χ4v) is 1.92. The van der Waals surface area contributed by atoms with Crippen LogP contribution in [0.4, 0.5) is 0 Å². The van der Waals surface area contributed by atoms with E-state index in [-0.39, 0.29) is 0 Å². The molecule has 0 aliphatic heterocycles. The zero-order valence-electron chi connectivity index (χ0n) is 5.10. The van der Waals surface area contributed by atoms with Gasteiger partial charge in [-0.2, -0.15) is 0 Å². The Morgan fingerprint density at radius 3 is 2.50 bits per heavy atom. The van der Waals surface area contributed by atoms with Crippen molar-refractivity contribution in [3.8, 4) is 0 Å². The second-order valence-electron chi connectivity index (χ2n) is 2.46. The molecule has 0 heterocycles. The van der Waals surface area contributed by atoms with Crippen molar-refractivity contribution in [1.82, 2.24) is 0 Å². The summed E-state index contributed by atoms with van der Waals surface area (Å²) in [5, 5.41) is 0. The maximum absolute atomic E-state index is 3.54. The fourth-order valence-electron chi connectivity index (χ4n) is 0.925. The van der Waals surface area contributed by atoms with E-state index < -0.39 is 0 Å². The molecule has 0 radical (unpaired) electrons. The number of hydrogen-bond acceptors (Lipinski definition) is 0.